The van der Waals surface area contributed by atoms with Crippen LogP contribution < -0.4 is 4.74 Å². The number of fused-ring (bicyclic) bond motifs is 6. The number of aryl methyl sites for hydroxylation is 2. The molecular formula is C59H78OS. The third-order valence-corrected chi connectivity index (χ3v) is 12.6. The van der Waals surface area contributed by atoms with Crippen molar-refractivity contribution in [2.75, 3.05) is 0 Å². The van der Waals surface area contributed by atoms with Crippen molar-refractivity contribution < 1.29 is 4.74 Å². The smallest absolute Gasteiger partial charge is 0.123 e. The highest BCUT2D eigenvalue weighted by Crippen LogP contribution is 2.44. The maximum atomic E-state index is 5.96. The summed E-state index contributed by atoms with van der Waals surface area (Å²) in [4.78, 5) is 1.45. The molecule has 2 heteroatoms. The SMILES string of the molecule is C.CC.CC.CC.CC(C)C1c2ccccc2CCc2ccccc21.CC(C)C1c2ccccc2COc2ccccc21.CC(C)C1c2ccccc2CSc2ccccc21. The largest absolute Gasteiger partial charge is 0.489 e. The Morgan fingerprint density at radius 3 is 1.21 bits per heavy atom. The molecule has 3 aliphatic rings. The Morgan fingerprint density at radius 2 is 0.721 bits per heavy atom. The van der Waals surface area contributed by atoms with Crippen LogP contribution in [-0.2, 0) is 25.2 Å². The standard InChI is InChI=1S/C18H20.C17H18O.C17H18S.3C2H6.CH4/c1-13(2)18-16-9-5-3-7-14(16)11-12-15-8-4-6-10-17(15)18;2*1-12(2)17-14-8-4-3-7-13(14)11-18-16-10-6-5-9-15(16)17;3*1-2;/h3-10,13,18H,11-12H2,1-2H3;2*3-10,12,17H,11H2,1-2H3;3*1-2H3;1H4. The lowest BCUT2D eigenvalue weighted by Gasteiger charge is -2.24. The molecule has 2 atom stereocenters. The van der Waals surface area contributed by atoms with Crippen molar-refractivity contribution in [2.45, 2.75) is 138 Å². The van der Waals surface area contributed by atoms with Crippen LogP contribution in [0.3, 0.4) is 0 Å². The zero-order chi connectivity index (χ0) is 43.6. The molecule has 2 unspecified atom stereocenters. The van der Waals surface area contributed by atoms with Gasteiger partial charge in [-0.15, -0.1) is 11.8 Å². The Morgan fingerprint density at radius 1 is 0.393 bits per heavy atom. The van der Waals surface area contributed by atoms with Gasteiger partial charge in [0.15, 0.2) is 0 Å². The second-order valence-corrected chi connectivity index (χ2v) is 17.1. The lowest BCUT2D eigenvalue weighted by atomic mass is 9.80. The van der Waals surface area contributed by atoms with Crippen LogP contribution in [-0.4, -0.2) is 0 Å². The van der Waals surface area contributed by atoms with E-state index in [-0.39, 0.29) is 7.43 Å². The van der Waals surface area contributed by atoms with E-state index in [2.05, 4.69) is 181 Å². The summed E-state index contributed by atoms with van der Waals surface area (Å²) in [6.45, 7) is 26.6. The average Bonchev–Trinajstić information content (AvgIpc) is 3.66. The Bertz CT molecular complexity index is 1770. The number of benzene rings is 6. The van der Waals surface area contributed by atoms with Crippen molar-refractivity contribution in [3.05, 3.63) is 201 Å². The highest BCUT2D eigenvalue weighted by atomic mass is 32.2. The van der Waals surface area contributed by atoms with Crippen molar-refractivity contribution in [1.29, 1.82) is 0 Å². The minimum atomic E-state index is 0. The molecule has 6 aromatic carbocycles. The molecule has 0 fully saturated rings. The molecule has 6 aromatic rings. The van der Waals surface area contributed by atoms with E-state index in [0.29, 0.717) is 42.1 Å². The molecule has 61 heavy (non-hydrogen) atoms. The Hall–Kier alpha value is -4.53. The molecule has 2 aliphatic heterocycles. The number of hydrogen-bond donors (Lipinski definition) is 0. The quantitative estimate of drug-likeness (QED) is 0.176. The van der Waals surface area contributed by atoms with E-state index in [0.717, 1.165) is 11.5 Å². The van der Waals surface area contributed by atoms with Crippen molar-refractivity contribution in [3.63, 3.8) is 0 Å². The maximum Gasteiger partial charge on any atom is 0.123 e. The molecule has 0 bridgehead atoms. The summed E-state index contributed by atoms with van der Waals surface area (Å²) in [6.07, 6.45) is 2.35. The van der Waals surface area contributed by atoms with Crippen molar-refractivity contribution in [3.8, 4) is 5.75 Å². The first-order chi connectivity index (χ1) is 29.3. The molecule has 0 aromatic heterocycles. The van der Waals surface area contributed by atoms with Gasteiger partial charge in [-0.2, -0.15) is 0 Å². The number of thioether (sulfide) groups is 1. The number of para-hydroxylation sites is 1. The highest BCUT2D eigenvalue weighted by molar-refractivity contribution is 7.98. The fraction of sp³-hybridized carbons (Fsp3) is 0.390. The first kappa shape index (κ1) is 50.8. The normalized spacial score (nSPS) is 15.3. The fourth-order valence-electron chi connectivity index (χ4n) is 9.04. The van der Waals surface area contributed by atoms with Gasteiger partial charge in [0.1, 0.15) is 12.4 Å². The molecule has 2 heterocycles. The molecule has 1 nitrogen and oxygen atoms in total. The van der Waals surface area contributed by atoms with Gasteiger partial charge in [-0.25, -0.2) is 0 Å². The summed E-state index contributed by atoms with van der Waals surface area (Å²) in [5, 5.41) is 0. The predicted molar refractivity (Wildman–Crippen MR) is 271 cm³/mol. The molecule has 0 saturated carbocycles. The first-order valence-corrected chi connectivity index (χ1v) is 24.0. The summed E-state index contributed by atoms with van der Waals surface area (Å²) < 4.78 is 5.96. The predicted octanol–water partition coefficient (Wildman–Crippen LogP) is 17.7. The minimum absolute atomic E-state index is 0. The third-order valence-electron chi connectivity index (χ3n) is 11.5. The van der Waals surface area contributed by atoms with Gasteiger partial charge in [-0.05, 0) is 92.8 Å². The Labute approximate surface area is 377 Å². The van der Waals surface area contributed by atoms with Gasteiger partial charge in [0.2, 0.25) is 0 Å². The molecule has 0 N–H and O–H groups in total. The second-order valence-electron chi connectivity index (χ2n) is 16.1. The molecule has 0 amide bonds. The summed E-state index contributed by atoms with van der Waals surface area (Å²) >= 11 is 1.97. The van der Waals surface area contributed by atoms with Gasteiger partial charge >= 0.3 is 0 Å². The molecule has 0 saturated heterocycles. The first-order valence-electron chi connectivity index (χ1n) is 23.1. The van der Waals surface area contributed by atoms with Crippen LogP contribution in [0.4, 0.5) is 0 Å². The van der Waals surface area contributed by atoms with E-state index in [1.165, 1.54) is 73.4 Å². The van der Waals surface area contributed by atoms with Crippen LogP contribution in [0.1, 0.15) is 164 Å². The van der Waals surface area contributed by atoms with E-state index >= 15 is 0 Å². The zero-order valence-electron chi connectivity index (χ0n) is 39.0. The van der Waals surface area contributed by atoms with Gasteiger partial charge in [0, 0.05) is 34.0 Å². The van der Waals surface area contributed by atoms with Gasteiger partial charge in [0.05, 0.1) is 0 Å². The Balaban J connectivity index is 0.000000228. The Kier molecular flexibility index (Phi) is 21.7. The zero-order valence-corrected chi connectivity index (χ0v) is 39.8. The summed E-state index contributed by atoms with van der Waals surface area (Å²) in [5.74, 6) is 5.49. The highest BCUT2D eigenvalue weighted by Gasteiger charge is 2.28. The van der Waals surface area contributed by atoms with Crippen LogP contribution in [0.2, 0.25) is 0 Å². The summed E-state index contributed by atoms with van der Waals surface area (Å²) in [5.41, 5.74) is 14.7. The number of ether oxygens (including phenoxy) is 1. The molecule has 0 spiro atoms. The second kappa shape index (κ2) is 26.1. The summed E-state index contributed by atoms with van der Waals surface area (Å²) in [6, 6.07) is 52.8. The summed E-state index contributed by atoms with van der Waals surface area (Å²) in [7, 11) is 0. The third kappa shape index (κ3) is 12.5. The van der Waals surface area contributed by atoms with E-state index in [9.17, 15) is 0 Å². The number of hydrogen-bond acceptors (Lipinski definition) is 2. The van der Waals surface area contributed by atoms with Crippen LogP contribution >= 0.6 is 11.8 Å². The van der Waals surface area contributed by atoms with Gasteiger partial charge in [-0.3, -0.25) is 0 Å². The van der Waals surface area contributed by atoms with Crippen LogP contribution in [0, 0.1) is 17.8 Å². The molecule has 1 aliphatic carbocycles. The minimum Gasteiger partial charge on any atom is -0.489 e. The monoisotopic (exact) mass is 835 g/mol. The maximum absolute atomic E-state index is 5.96. The van der Waals surface area contributed by atoms with Crippen LogP contribution in [0.5, 0.6) is 5.75 Å². The van der Waals surface area contributed by atoms with Crippen LogP contribution in [0.25, 0.3) is 0 Å². The lowest BCUT2D eigenvalue weighted by molar-refractivity contribution is 0.306. The van der Waals surface area contributed by atoms with Crippen LogP contribution in [0.15, 0.2) is 150 Å². The van der Waals surface area contributed by atoms with Crippen molar-refractivity contribution in [1.82, 2.24) is 0 Å². The van der Waals surface area contributed by atoms with E-state index in [1.807, 2.05) is 59.4 Å². The van der Waals surface area contributed by atoms with Gasteiger partial charge in [-0.1, -0.05) is 224 Å². The average molecular weight is 835 g/mol. The van der Waals surface area contributed by atoms with Crippen molar-refractivity contribution in [2.24, 2.45) is 17.8 Å². The topological polar surface area (TPSA) is 9.23 Å². The van der Waals surface area contributed by atoms with Gasteiger partial charge < -0.3 is 4.74 Å². The molecule has 9 rings (SSSR count). The fourth-order valence-corrected chi connectivity index (χ4v) is 10.2. The van der Waals surface area contributed by atoms with E-state index in [1.54, 1.807) is 0 Å². The van der Waals surface area contributed by atoms with Crippen molar-refractivity contribution >= 4 is 11.8 Å². The van der Waals surface area contributed by atoms with Gasteiger partial charge in [0.25, 0.3) is 0 Å². The molecular weight excluding hydrogens is 757 g/mol. The lowest BCUT2D eigenvalue weighted by Crippen LogP contribution is -2.10. The number of rotatable bonds is 3. The molecule has 0 radical (unpaired) electrons. The van der Waals surface area contributed by atoms with E-state index < -0.39 is 0 Å². The van der Waals surface area contributed by atoms with E-state index in [4.69, 9.17) is 4.74 Å². The molecule has 326 valence electrons.